The Bertz CT molecular complexity index is 856. The Balaban J connectivity index is 2.07. The van der Waals surface area contributed by atoms with Gasteiger partial charge in [-0.05, 0) is 24.3 Å². The number of hydrogen-bond acceptors (Lipinski definition) is 4. The van der Waals surface area contributed by atoms with Crippen LogP contribution in [0.5, 0.6) is 0 Å². The van der Waals surface area contributed by atoms with Gasteiger partial charge in [0.25, 0.3) is 0 Å². The third-order valence-corrected chi connectivity index (χ3v) is 3.12. The number of nitrogen functional groups attached to an aromatic ring is 1. The van der Waals surface area contributed by atoms with Crippen molar-refractivity contribution < 1.29 is 8.81 Å². The van der Waals surface area contributed by atoms with E-state index in [9.17, 15) is 9.18 Å². The van der Waals surface area contributed by atoms with Gasteiger partial charge in [-0.1, -0.05) is 11.6 Å². The van der Waals surface area contributed by atoms with Gasteiger partial charge in [0, 0.05) is 6.07 Å². The summed E-state index contributed by atoms with van der Waals surface area (Å²) in [6.45, 7) is 0. The molecule has 0 spiro atoms. The minimum Gasteiger partial charge on any atom is -0.408 e. The molecule has 2 aromatic carbocycles. The van der Waals surface area contributed by atoms with E-state index in [1.165, 1.54) is 24.3 Å². The molecule has 0 atom stereocenters. The van der Waals surface area contributed by atoms with E-state index in [0.29, 0.717) is 33.2 Å². The van der Waals surface area contributed by atoms with E-state index in [1.54, 1.807) is 6.07 Å². The van der Waals surface area contributed by atoms with Crippen LogP contribution in [0.4, 0.5) is 21.5 Å². The Hall–Kier alpha value is -2.47. The largest absolute Gasteiger partial charge is 0.417 e. The third kappa shape index (κ3) is 2.21. The Morgan fingerprint density at radius 2 is 2.05 bits per heavy atom. The van der Waals surface area contributed by atoms with E-state index in [0.717, 1.165) is 0 Å². The average Bonchev–Trinajstić information content (AvgIpc) is 2.73. The molecule has 1 heterocycles. The molecule has 0 aliphatic carbocycles. The van der Waals surface area contributed by atoms with E-state index in [-0.39, 0.29) is 0 Å². The van der Waals surface area contributed by atoms with Crippen LogP contribution >= 0.6 is 11.6 Å². The number of halogens is 2. The highest BCUT2D eigenvalue weighted by atomic mass is 35.5. The van der Waals surface area contributed by atoms with Gasteiger partial charge < -0.3 is 15.5 Å². The molecule has 0 saturated carbocycles. The number of hydrogen-bond donors (Lipinski definition) is 3. The zero-order chi connectivity index (χ0) is 14.3. The fraction of sp³-hybridized carbons (Fsp3) is 0. The first-order valence-electron chi connectivity index (χ1n) is 5.67. The summed E-state index contributed by atoms with van der Waals surface area (Å²) in [7, 11) is 0. The first kappa shape index (κ1) is 12.6. The number of fused-ring (bicyclic) bond motifs is 1. The Morgan fingerprint density at radius 1 is 1.25 bits per heavy atom. The molecule has 0 unspecified atom stereocenters. The Kier molecular flexibility index (Phi) is 2.87. The summed E-state index contributed by atoms with van der Waals surface area (Å²) >= 11 is 5.97. The summed E-state index contributed by atoms with van der Waals surface area (Å²) in [5.41, 5.74) is 7.91. The maximum atomic E-state index is 13.2. The molecule has 3 aromatic rings. The van der Waals surface area contributed by atoms with Crippen LogP contribution in [0.3, 0.4) is 0 Å². The van der Waals surface area contributed by atoms with E-state index in [2.05, 4.69) is 10.3 Å². The second kappa shape index (κ2) is 4.57. The van der Waals surface area contributed by atoms with E-state index in [4.69, 9.17) is 21.8 Å². The van der Waals surface area contributed by atoms with Gasteiger partial charge in [-0.15, -0.1) is 0 Å². The second-order valence-electron chi connectivity index (χ2n) is 4.20. The molecule has 7 heteroatoms. The van der Waals surface area contributed by atoms with Gasteiger partial charge >= 0.3 is 5.76 Å². The molecule has 20 heavy (non-hydrogen) atoms. The molecule has 0 aliphatic heterocycles. The molecular weight excluding hydrogens is 285 g/mol. The summed E-state index contributed by atoms with van der Waals surface area (Å²) in [6.07, 6.45) is 0. The van der Waals surface area contributed by atoms with Crippen LogP contribution in [0.2, 0.25) is 5.02 Å². The van der Waals surface area contributed by atoms with Crippen molar-refractivity contribution in [3.63, 3.8) is 0 Å². The van der Waals surface area contributed by atoms with Gasteiger partial charge in [0.1, 0.15) is 5.82 Å². The van der Waals surface area contributed by atoms with Crippen molar-refractivity contribution in [3.8, 4) is 0 Å². The van der Waals surface area contributed by atoms with Crippen molar-refractivity contribution in [3.05, 3.63) is 51.7 Å². The van der Waals surface area contributed by atoms with Crippen LogP contribution in [0, 0.1) is 5.82 Å². The number of nitrogens with two attached hydrogens (primary N) is 1. The summed E-state index contributed by atoms with van der Waals surface area (Å²) < 4.78 is 18.1. The maximum absolute atomic E-state index is 13.2. The quantitative estimate of drug-likeness (QED) is 0.633. The summed E-state index contributed by atoms with van der Waals surface area (Å²) in [5.74, 6) is -0.992. The maximum Gasteiger partial charge on any atom is 0.417 e. The standard InChI is InChI=1S/C13H9ClFN3O2/c14-7-2-1-6(15)3-9(7)17-10-5-11-12(4-8(10)16)20-13(19)18-11/h1-5,17H,16H2,(H,18,19). The highest BCUT2D eigenvalue weighted by molar-refractivity contribution is 6.33. The van der Waals surface area contributed by atoms with Gasteiger partial charge in [-0.3, -0.25) is 4.98 Å². The van der Waals surface area contributed by atoms with Gasteiger partial charge in [0.15, 0.2) is 5.58 Å². The van der Waals surface area contributed by atoms with Crippen molar-refractivity contribution in [2.45, 2.75) is 0 Å². The number of anilines is 3. The highest BCUT2D eigenvalue weighted by Gasteiger charge is 2.09. The van der Waals surface area contributed by atoms with Crippen LogP contribution < -0.4 is 16.8 Å². The summed E-state index contributed by atoms with van der Waals surface area (Å²) in [5, 5.41) is 3.28. The highest BCUT2D eigenvalue weighted by Crippen LogP contribution is 2.31. The molecule has 102 valence electrons. The summed E-state index contributed by atoms with van der Waals surface area (Å²) in [6, 6.07) is 7.05. The Labute approximate surface area is 117 Å². The zero-order valence-electron chi connectivity index (χ0n) is 10.0. The topological polar surface area (TPSA) is 84.0 Å². The van der Waals surface area contributed by atoms with Crippen LogP contribution in [0.25, 0.3) is 11.1 Å². The number of rotatable bonds is 2. The lowest BCUT2D eigenvalue weighted by Gasteiger charge is -2.10. The lowest BCUT2D eigenvalue weighted by molar-refractivity contribution is 0.555. The van der Waals surface area contributed by atoms with Gasteiger partial charge in [-0.25, -0.2) is 9.18 Å². The van der Waals surface area contributed by atoms with Crippen molar-refractivity contribution in [1.82, 2.24) is 4.98 Å². The number of aromatic nitrogens is 1. The van der Waals surface area contributed by atoms with Gasteiger partial charge in [-0.2, -0.15) is 0 Å². The molecule has 0 saturated heterocycles. The molecule has 3 rings (SSSR count). The average molecular weight is 294 g/mol. The Morgan fingerprint density at radius 3 is 2.85 bits per heavy atom. The van der Waals surface area contributed by atoms with Crippen LogP contribution in [0.15, 0.2) is 39.5 Å². The molecule has 0 aliphatic rings. The third-order valence-electron chi connectivity index (χ3n) is 2.79. The smallest absolute Gasteiger partial charge is 0.408 e. The number of nitrogens with one attached hydrogen (secondary N) is 2. The molecule has 0 amide bonds. The van der Waals surface area contributed by atoms with Gasteiger partial charge in [0.2, 0.25) is 0 Å². The molecule has 0 bridgehead atoms. The lowest BCUT2D eigenvalue weighted by atomic mass is 10.2. The number of aromatic amines is 1. The summed E-state index contributed by atoms with van der Waals surface area (Å²) in [4.78, 5) is 13.6. The number of H-pyrrole nitrogens is 1. The zero-order valence-corrected chi connectivity index (χ0v) is 10.8. The first-order chi connectivity index (χ1) is 9.52. The fourth-order valence-corrected chi connectivity index (χ4v) is 2.02. The molecule has 1 aromatic heterocycles. The fourth-order valence-electron chi connectivity index (χ4n) is 1.86. The van der Waals surface area contributed by atoms with Crippen molar-refractivity contribution in [2.24, 2.45) is 0 Å². The molecule has 5 nitrogen and oxygen atoms in total. The normalized spacial score (nSPS) is 10.9. The van der Waals surface area contributed by atoms with Crippen LogP contribution in [-0.4, -0.2) is 4.98 Å². The molecule has 4 N–H and O–H groups in total. The number of benzene rings is 2. The predicted octanol–water partition coefficient (Wildman–Crippen LogP) is 3.24. The number of oxazole rings is 1. The minimum atomic E-state index is -0.569. The monoisotopic (exact) mass is 293 g/mol. The van der Waals surface area contributed by atoms with E-state index >= 15 is 0 Å². The van der Waals surface area contributed by atoms with Crippen molar-refractivity contribution in [1.29, 1.82) is 0 Å². The first-order valence-corrected chi connectivity index (χ1v) is 6.05. The van der Waals surface area contributed by atoms with E-state index < -0.39 is 11.6 Å². The van der Waals surface area contributed by atoms with Crippen LogP contribution in [0.1, 0.15) is 0 Å². The molecule has 0 radical (unpaired) electrons. The molecule has 0 fully saturated rings. The minimum absolute atomic E-state index is 0.348. The predicted molar refractivity (Wildman–Crippen MR) is 75.9 cm³/mol. The SMILES string of the molecule is Nc1cc2oc(=O)[nH]c2cc1Nc1cc(F)ccc1Cl. The van der Waals surface area contributed by atoms with Gasteiger partial charge in [0.05, 0.1) is 27.6 Å². The van der Waals surface area contributed by atoms with Crippen molar-refractivity contribution in [2.75, 3.05) is 11.1 Å². The van der Waals surface area contributed by atoms with Crippen LogP contribution in [-0.2, 0) is 0 Å². The second-order valence-corrected chi connectivity index (χ2v) is 4.61. The lowest BCUT2D eigenvalue weighted by Crippen LogP contribution is -1.97. The molecular formula is C13H9ClFN3O2. The van der Waals surface area contributed by atoms with Crippen molar-refractivity contribution >= 4 is 39.8 Å². The van der Waals surface area contributed by atoms with E-state index in [1.807, 2.05) is 0 Å².